The van der Waals surface area contributed by atoms with Gasteiger partial charge in [0.15, 0.2) is 0 Å². The second kappa shape index (κ2) is 12.5. The molecule has 1 aliphatic rings. The van der Waals surface area contributed by atoms with E-state index in [1.54, 1.807) is 0 Å². The average molecular weight is 451 g/mol. The second-order valence-electron chi connectivity index (χ2n) is 8.83. The average Bonchev–Trinajstić information content (AvgIpc) is 2.84. The van der Waals surface area contributed by atoms with E-state index in [4.69, 9.17) is 20.6 Å². The molecule has 1 aliphatic heterocycles. The largest absolute Gasteiger partial charge is 0.464 e. The van der Waals surface area contributed by atoms with Crippen molar-refractivity contribution in [2.45, 2.75) is 46.1 Å². The highest BCUT2D eigenvalue weighted by Gasteiger charge is 2.34. The van der Waals surface area contributed by atoms with E-state index in [-0.39, 0.29) is 11.4 Å². The number of piperidine rings is 1. The lowest BCUT2D eigenvalue weighted by atomic mass is 9.74. The molecule has 1 fully saturated rings. The number of ether oxygens (including phenoxy) is 2. The van der Waals surface area contributed by atoms with Crippen LogP contribution in [0.4, 0.5) is 0 Å². The molecule has 0 unspecified atom stereocenters. The molecule has 0 bridgehead atoms. The van der Waals surface area contributed by atoms with E-state index >= 15 is 0 Å². The lowest BCUT2D eigenvalue weighted by Gasteiger charge is -2.42. The first-order chi connectivity index (χ1) is 16.0. The Hall–Kier alpha value is -2.70. The van der Waals surface area contributed by atoms with Gasteiger partial charge in [0.2, 0.25) is 0 Å². The van der Waals surface area contributed by atoms with Gasteiger partial charge in [0, 0.05) is 18.7 Å². The fourth-order valence-electron chi connectivity index (χ4n) is 4.41. The third-order valence-corrected chi connectivity index (χ3v) is 6.47. The maximum Gasteiger partial charge on any atom is 0.310 e. The first-order valence-electron chi connectivity index (χ1n) is 12.0. The minimum absolute atomic E-state index is 0.157. The molecule has 3 rings (SSSR count). The summed E-state index contributed by atoms with van der Waals surface area (Å²) in [6.07, 6.45) is 4.61. The highest BCUT2D eigenvalue weighted by molar-refractivity contribution is 6.03. The molecule has 0 radical (unpaired) electrons. The smallest absolute Gasteiger partial charge is 0.310 e. The molecule has 0 spiro atoms. The molecule has 1 saturated heterocycles. The monoisotopic (exact) mass is 450 g/mol. The molecule has 2 aromatic rings. The van der Waals surface area contributed by atoms with Gasteiger partial charge in [-0.15, -0.1) is 0 Å². The third kappa shape index (κ3) is 7.69. The van der Waals surface area contributed by atoms with E-state index in [1.807, 2.05) is 19.1 Å². The minimum atomic E-state index is -0.157. The van der Waals surface area contributed by atoms with Gasteiger partial charge in [0.25, 0.3) is 0 Å². The fourth-order valence-corrected chi connectivity index (χ4v) is 4.41. The molecule has 33 heavy (non-hydrogen) atoms. The van der Waals surface area contributed by atoms with Crippen LogP contribution in [0.5, 0.6) is 0 Å². The number of amidine groups is 2. The first-order valence-corrected chi connectivity index (χ1v) is 12.0. The van der Waals surface area contributed by atoms with E-state index in [2.05, 4.69) is 59.3 Å². The Kier molecular flexibility index (Phi) is 9.46. The summed E-state index contributed by atoms with van der Waals surface area (Å²) in [5, 5.41) is 7.63. The van der Waals surface area contributed by atoms with Crippen LogP contribution in [0.3, 0.4) is 0 Å². The lowest BCUT2D eigenvalue weighted by Crippen LogP contribution is -2.42. The highest BCUT2D eigenvalue weighted by atomic mass is 16.5. The summed E-state index contributed by atoms with van der Waals surface area (Å²) in [4.78, 5) is 6.53. The minimum Gasteiger partial charge on any atom is -0.464 e. The Morgan fingerprint density at radius 2 is 1.70 bits per heavy atom. The van der Waals surface area contributed by atoms with Crippen molar-refractivity contribution in [1.29, 1.82) is 5.41 Å². The molecule has 178 valence electrons. The molecule has 3 N–H and O–H groups in total. The molecule has 2 aromatic carbocycles. The quantitative estimate of drug-likeness (QED) is 0.409. The molecule has 1 heterocycles. The van der Waals surface area contributed by atoms with Crippen LogP contribution in [0.2, 0.25) is 0 Å². The summed E-state index contributed by atoms with van der Waals surface area (Å²) in [6.45, 7) is 9.03. The van der Waals surface area contributed by atoms with Crippen molar-refractivity contribution < 1.29 is 9.47 Å². The summed E-state index contributed by atoms with van der Waals surface area (Å²) in [7, 11) is 0. The molecule has 6 heteroatoms. The summed E-state index contributed by atoms with van der Waals surface area (Å²) >= 11 is 0. The molecule has 0 aliphatic carbocycles. The van der Waals surface area contributed by atoms with Gasteiger partial charge in [0.05, 0.1) is 13.2 Å². The fraction of sp³-hybridized carbons (Fsp3) is 0.481. The molecule has 0 atom stereocenters. The number of nitrogens with two attached hydrogens (primary N) is 1. The lowest BCUT2D eigenvalue weighted by molar-refractivity contribution is -0.00232. The maximum absolute atomic E-state index is 7.63. The molecule has 0 amide bonds. The summed E-state index contributed by atoms with van der Waals surface area (Å²) < 4.78 is 11.0. The van der Waals surface area contributed by atoms with Crippen LogP contribution in [-0.2, 0) is 22.4 Å². The van der Waals surface area contributed by atoms with Crippen molar-refractivity contribution >= 4 is 11.9 Å². The molecular formula is C27H38N4O2. The van der Waals surface area contributed by atoms with E-state index in [1.165, 1.54) is 17.5 Å². The Morgan fingerprint density at radius 3 is 2.33 bits per heavy atom. The van der Waals surface area contributed by atoms with Crippen LogP contribution in [0, 0.1) is 10.8 Å². The van der Waals surface area contributed by atoms with Gasteiger partial charge in [-0.25, -0.2) is 5.41 Å². The zero-order valence-electron chi connectivity index (χ0n) is 20.1. The van der Waals surface area contributed by atoms with E-state index in [0.717, 1.165) is 57.7 Å². The van der Waals surface area contributed by atoms with Gasteiger partial charge in [-0.2, -0.15) is 4.99 Å². The number of benzene rings is 2. The van der Waals surface area contributed by atoms with Gasteiger partial charge < -0.3 is 15.2 Å². The number of hydrogen-bond donors (Lipinski definition) is 2. The van der Waals surface area contributed by atoms with Crippen LogP contribution in [0.15, 0.2) is 59.6 Å². The zero-order chi connectivity index (χ0) is 23.5. The van der Waals surface area contributed by atoms with Crippen LogP contribution >= 0.6 is 0 Å². The van der Waals surface area contributed by atoms with Crippen molar-refractivity contribution in [2.24, 2.45) is 16.1 Å². The third-order valence-electron chi connectivity index (χ3n) is 6.47. The van der Waals surface area contributed by atoms with Gasteiger partial charge in [-0.1, -0.05) is 54.6 Å². The number of rotatable bonds is 10. The molecule has 6 nitrogen and oxygen atoms in total. The summed E-state index contributed by atoms with van der Waals surface area (Å²) in [5.41, 5.74) is 9.75. The predicted octanol–water partition coefficient (Wildman–Crippen LogP) is 4.61. The topological polar surface area (TPSA) is 83.9 Å². The van der Waals surface area contributed by atoms with E-state index in [9.17, 15) is 0 Å². The Bertz CT molecular complexity index is 888. The molecule has 0 saturated carbocycles. The summed E-state index contributed by atoms with van der Waals surface area (Å²) in [5.74, 6) is 0.303. The number of hydrogen-bond acceptors (Lipinski definition) is 4. The Labute approximate surface area is 198 Å². The highest BCUT2D eigenvalue weighted by Crippen LogP contribution is 2.37. The number of aryl methyl sites for hydroxylation is 1. The predicted molar refractivity (Wildman–Crippen MR) is 135 cm³/mol. The second-order valence-corrected chi connectivity index (χ2v) is 8.83. The molecule has 0 aromatic heterocycles. The Morgan fingerprint density at radius 1 is 1.00 bits per heavy atom. The van der Waals surface area contributed by atoms with Gasteiger partial charge in [-0.05, 0) is 69.2 Å². The number of nitrogens with one attached hydrogen (secondary N) is 1. The van der Waals surface area contributed by atoms with Crippen LogP contribution in [0.1, 0.15) is 49.8 Å². The van der Waals surface area contributed by atoms with Crippen molar-refractivity contribution in [3.8, 4) is 0 Å². The number of likely N-dealkylation sites (tertiary alicyclic amines) is 1. The number of nitrogens with zero attached hydrogens (tertiary/aromatic N) is 2. The van der Waals surface area contributed by atoms with E-state index in [0.29, 0.717) is 12.4 Å². The van der Waals surface area contributed by atoms with Crippen LogP contribution in [0.25, 0.3) is 0 Å². The first kappa shape index (κ1) is 24.9. The van der Waals surface area contributed by atoms with Gasteiger partial charge in [0.1, 0.15) is 5.84 Å². The van der Waals surface area contributed by atoms with Gasteiger partial charge >= 0.3 is 6.02 Å². The zero-order valence-corrected chi connectivity index (χ0v) is 20.1. The SMILES string of the molecule is CCOCC1(CCc2ccccc2)CCN(Cc2ccc(/C(N)=N/C(=N)OCC)cc2)CC1. The standard InChI is InChI=1S/C27H38N4O2/c1-3-32-21-27(15-14-22-8-6-5-7-9-22)16-18-31(19-17-27)20-23-10-12-24(13-11-23)25(28)30-26(29)33-4-2/h5-13H,3-4,14-21H2,1-2H3,(H3,28,29,30). The van der Waals surface area contributed by atoms with Crippen molar-refractivity contribution in [1.82, 2.24) is 4.90 Å². The number of aliphatic imine (C=N–C) groups is 1. The van der Waals surface area contributed by atoms with Crippen LogP contribution in [-0.4, -0.2) is 49.7 Å². The van der Waals surface area contributed by atoms with Crippen molar-refractivity contribution in [3.05, 3.63) is 71.3 Å². The summed E-state index contributed by atoms with van der Waals surface area (Å²) in [6, 6.07) is 18.8. The van der Waals surface area contributed by atoms with Crippen LogP contribution < -0.4 is 5.73 Å². The van der Waals surface area contributed by atoms with Crippen molar-refractivity contribution in [3.63, 3.8) is 0 Å². The van der Waals surface area contributed by atoms with E-state index < -0.39 is 0 Å². The molecular weight excluding hydrogens is 412 g/mol. The normalized spacial score (nSPS) is 16.5. The Balaban J connectivity index is 1.54. The van der Waals surface area contributed by atoms with Crippen molar-refractivity contribution in [2.75, 3.05) is 32.9 Å². The maximum atomic E-state index is 7.63. The van der Waals surface area contributed by atoms with Gasteiger partial charge in [-0.3, -0.25) is 4.90 Å².